The molecule has 3 aromatic rings. The second-order valence-corrected chi connectivity index (χ2v) is 12.6. The van der Waals surface area contributed by atoms with Crippen molar-refractivity contribution < 1.29 is 39.6 Å². The minimum absolute atomic E-state index is 0.0349. The highest BCUT2D eigenvalue weighted by Gasteiger charge is 2.64. The lowest BCUT2D eigenvalue weighted by Gasteiger charge is -2.50. The quantitative estimate of drug-likeness (QED) is 0.160. The molecule has 0 radical (unpaired) electrons. The number of amides is 3. The summed E-state index contributed by atoms with van der Waals surface area (Å²) < 4.78 is 0. The summed E-state index contributed by atoms with van der Waals surface area (Å²) >= 11 is 0. The van der Waals surface area contributed by atoms with Gasteiger partial charge in [-0.2, -0.15) is 0 Å². The molecule has 3 aliphatic carbocycles. The molecule has 6 rings (SSSR count). The third kappa shape index (κ3) is 4.69. The van der Waals surface area contributed by atoms with E-state index in [-0.39, 0.29) is 29.7 Å². The molecular formula is C34H35N5O8. The van der Waals surface area contributed by atoms with E-state index in [1.165, 1.54) is 4.90 Å². The number of hydrogen-bond acceptors (Lipinski definition) is 10. The van der Waals surface area contributed by atoms with Gasteiger partial charge in [-0.25, -0.2) is 4.79 Å². The predicted molar refractivity (Wildman–Crippen MR) is 175 cm³/mol. The molecule has 0 unspecified atom stereocenters. The first-order valence-corrected chi connectivity index (χ1v) is 14.9. The minimum Gasteiger partial charge on any atom is -0.508 e. The summed E-state index contributed by atoms with van der Waals surface area (Å²) in [7, 11) is 6.56. The van der Waals surface area contributed by atoms with E-state index in [1.807, 2.05) is 30.3 Å². The van der Waals surface area contributed by atoms with Gasteiger partial charge in [0.2, 0.25) is 5.78 Å². The molecule has 47 heavy (non-hydrogen) atoms. The molecule has 1 saturated carbocycles. The van der Waals surface area contributed by atoms with Crippen molar-refractivity contribution in [1.29, 1.82) is 0 Å². The number of nitrogens with two attached hydrogens (primary N) is 1. The number of nitrogens with zero attached hydrogens (tertiary/aromatic N) is 2. The fourth-order valence-corrected chi connectivity index (χ4v) is 7.40. The average molecular weight is 642 g/mol. The van der Waals surface area contributed by atoms with Crippen LogP contribution >= 0.6 is 0 Å². The average Bonchev–Trinajstić information content (AvgIpc) is 3.00. The Morgan fingerprint density at radius 3 is 2.28 bits per heavy atom. The van der Waals surface area contributed by atoms with Gasteiger partial charge in [0.1, 0.15) is 17.1 Å². The molecule has 1 fully saturated rings. The number of aliphatic hydroxyl groups is 3. The zero-order valence-corrected chi connectivity index (χ0v) is 26.2. The fourth-order valence-electron chi connectivity index (χ4n) is 7.40. The number of phenolic OH excluding ortho intramolecular Hbond substituents is 1. The molecule has 0 aliphatic heterocycles. The van der Waals surface area contributed by atoms with Gasteiger partial charge in [-0.05, 0) is 55.9 Å². The number of carbonyl (C=O) groups is 4. The molecule has 0 aromatic heterocycles. The van der Waals surface area contributed by atoms with Crippen molar-refractivity contribution in [3.8, 4) is 5.75 Å². The van der Waals surface area contributed by atoms with Crippen molar-refractivity contribution in [3.05, 3.63) is 76.6 Å². The van der Waals surface area contributed by atoms with E-state index in [9.17, 15) is 39.6 Å². The van der Waals surface area contributed by atoms with Gasteiger partial charge in [0.25, 0.3) is 5.91 Å². The number of fused-ring (bicyclic) bond motifs is 4. The number of hydrogen-bond donors (Lipinski definition) is 7. The van der Waals surface area contributed by atoms with Crippen LogP contribution in [0.4, 0.5) is 21.9 Å². The van der Waals surface area contributed by atoms with E-state index in [0.717, 1.165) is 10.8 Å². The van der Waals surface area contributed by atoms with Crippen molar-refractivity contribution >= 4 is 57.1 Å². The van der Waals surface area contributed by atoms with E-state index >= 15 is 0 Å². The third-order valence-corrected chi connectivity index (χ3v) is 9.47. The van der Waals surface area contributed by atoms with E-state index in [2.05, 4.69) is 10.6 Å². The summed E-state index contributed by atoms with van der Waals surface area (Å²) in [6, 6.07) is 12.6. The van der Waals surface area contributed by atoms with Gasteiger partial charge >= 0.3 is 6.03 Å². The van der Waals surface area contributed by atoms with E-state index in [4.69, 9.17) is 5.73 Å². The van der Waals surface area contributed by atoms with Gasteiger partial charge in [0.15, 0.2) is 17.1 Å². The van der Waals surface area contributed by atoms with Gasteiger partial charge in [0.05, 0.1) is 23.0 Å². The summed E-state index contributed by atoms with van der Waals surface area (Å²) in [4.78, 5) is 56.1. The number of aliphatic hydroxyl groups excluding tert-OH is 2. The van der Waals surface area contributed by atoms with E-state index in [1.54, 1.807) is 51.3 Å². The molecule has 244 valence electrons. The number of carbonyl (C=O) groups excluding carboxylic acids is 4. The number of urea groups is 1. The number of anilines is 3. The highest BCUT2D eigenvalue weighted by atomic mass is 16.3. The van der Waals surface area contributed by atoms with Gasteiger partial charge in [-0.1, -0.05) is 36.4 Å². The number of Topliss-reactive ketones (excluding diaryl/α,β-unsaturated/α-hetero) is 2. The number of aromatic hydroxyl groups is 1. The SMILES string of the molecule is CN(C)c1cc(NC(=O)Nc2cccc3ccccc23)c(O)c2c1C[C@@H]1C[C@@H]3[C@@H](N(C)C)C(=O)C(C(N)=O)=C(O)[C@@]3(O)C(=O)C1=C2O. The number of nitrogens with one attached hydrogen (secondary N) is 2. The van der Waals surface area contributed by atoms with Crippen molar-refractivity contribution in [3.63, 3.8) is 0 Å². The Balaban J connectivity index is 1.45. The van der Waals surface area contributed by atoms with Crippen LogP contribution in [0.3, 0.4) is 0 Å². The van der Waals surface area contributed by atoms with Crippen LogP contribution in [0.2, 0.25) is 0 Å². The molecule has 0 saturated heterocycles. The molecule has 4 atom stereocenters. The van der Waals surface area contributed by atoms with Crippen LogP contribution in [-0.4, -0.2) is 88.7 Å². The Morgan fingerprint density at radius 2 is 1.62 bits per heavy atom. The lowest BCUT2D eigenvalue weighted by atomic mass is 9.57. The highest BCUT2D eigenvalue weighted by molar-refractivity contribution is 6.24. The van der Waals surface area contributed by atoms with Gasteiger partial charge in [-0.3, -0.25) is 19.3 Å². The van der Waals surface area contributed by atoms with Crippen LogP contribution in [0.5, 0.6) is 5.75 Å². The first-order valence-electron chi connectivity index (χ1n) is 14.9. The number of rotatable bonds is 5. The number of primary amides is 1. The van der Waals surface area contributed by atoms with Crippen LogP contribution in [0, 0.1) is 11.8 Å². The summed E-state index contributed by atoms with van der Waals surface area (Å²) in [5.41, 5.74) is 2.81. The third-order valence-electron chi connectivity index (χ3n) is 9.47. The Kier molecular flexibility index (Phi) is 7.48. The highest BCUT2D eigenvalue weighted by Crippen LogP contribution is 2.54. The maximum atomic E-state index is 14.2. The number of benzene rings is 3. The Hall–Kier alpha value is -5.40. The van der Waals surface area contributed by atoms with Gasteiger partial charge < -0.3 is 41.7 Å². The van der Waals surface area contributed by atoms with Crippen LogP contribution in [0.1, 0.15) is 17.5 Å². The number of ketones is 2. The lowest BCUT2D eigenvalue weighted by molar-refractivity contribution is -0.153. The van der Waals surface area contributed by atoms with Crippen LogP contribution in [-0.2, 0) is 20.8 Å². The smallest absolute Gasteiger partial charge is 0.323 e. The van der Waals surface area contributed by atoms with Crippen molar-refractivity contribution in [1.82, 2.24) is 4.90 Å². The summed E-state index contributed by atoms with van der Waals surface area (Å²) in [6.07, 6.45) is 0.0743. The largest absolute Gasteiger partial charge is 0.508 e. The maximum Gasteiger partial charge on any atom is 0.323 e. The Labute approximate surface area is 269 Å². The molecule has 13 nitrogen and oxygen atoms in total. The minimum atomic E-state index is -2.75. The predicted octanol–water partition coefficient (Wildman–Crippen LogP) is 2.83. The fraction of sp³-hybridized carbons (Fsp3) is 0.294. The lowest BCUT2D eigenvalue weighted by Crippen LogP contribution is -2.65. The van der Waals surface area contributed by atoms with Crippen molar-refractivity contribution in [2.45, 2.75) is 24.5 Å². The molecule has 3 aliphatic rings. The van der Waals surface area contributed by atoms with E-state index < -0.39 is 69.8 Å². The number of phenols is 1. The van der Waals surface area contributed by atoms with E-state index in [0.29, 0.717) is 16.9 Å². The molecule has 0 heterocycles. The number of likely N-dealkylation sites (N-methyl/N-ethyl adjacent to an activating group) is 1. The van der Waals surface area contributed by atoms with Crippen LogP contribution in [0.25, 0.3) is 16.5 Å². The maximum absolute atomic E-state index is 14.2. The molecule has 13 heteroatoms. The van der Waals surface area contributed by atoms with Crippen molar-refractivity contribution in [2.24, 2.45) is 17.6 Å². The summed E-state index contributed by atoms with van der Waals surface area (Å²) in [5, 5.41) is 53.2. The van der Waals surface area contributed by atoms with Crippen LogP contribution in [0.15, 0.2) is 65.4 Å². The molecule has 0 spiro atoms. The standard InChI is InChI=1S/C34H35N5O8/c1-38(2)22-14-21(37-33(46)36-20-11-7-9-15-8-5-6-10-17(15)20)27(40)24-18(22)12-16-13-19-26(39(3)4)29(42)25(32(35)45)31(44)34(19,47)30(43)23(16)28(24)41/h5-11,14,16,19,26,40-41,44,47H,12-13H2,1-4H3,(H2,35,45)(H2,36,37,46)/t16-,19-,26-,34+/m1/s1. The normalized spacial score (nSPS) is 23.7. The second kappa shape index (κ2) is 11.1. The zero-order valence-electron chi connectivity index (χ0n) is 26.2. The molecule has 3 amide bonds. The zero-order chi connectivity index (χ0) is 34.1. The topological polar surface area (TPSA) is 206 Å². The van der Waals surface area contributed by atoms with Gasteiger partial charge in [0, 0.05) is 36.7 Å². The molecular weight excluding hydrogens is 606 g/mol. The Bertz CT molecular complexity index is 1960. The Morgan fingerprint density at radius 1 is 0.957 bits per heavy atom. The van der Waals surface area contributed by atoms with Crippen LogP contribution < -0.4 is 21.3 Å². The van der Waals surface area contributed by atoms with Crippen molar-refractivity contribution in [2.75, 3.05) is 43.7 Å². The monoisotopic (exact) mass is 641 g/mol. The second-order valence-electron chi connectivity index (χ2n) is 12.6. The summed E-state index contributed by atoms with van der Waals surface area (Å²) in [6.45, 7) is 0. The summed E-state index contributed by atoms with van der Waals surface area (Å²) in [5.74, 6) is -7.49. The molecule has 3 aromatic carbocycles. The van der Waals surface area contributed by atoms with Gasteiger partial charge in [-0.15, -0.1) is 0 Å². The molecule has 8 N–H and O–H groups in total. The first-order chi connectivity index (χ1) is 22.2. The first kappa shape index (κ1) is 31.6. The molecule has 0 bridgehead atoms.